The maximum Gasteiger partial charge on any atom is 0.328 e. The summed E-state index contributed by atoms with van der Waals surface area (Å²) in [5, 5.41) is 5.72. The molecule has 3 atom stereocenters. The van der Waals surface area contributed by atoms with E-state index in [2.05, 4.69) is 17.6 Å². The summed E-state index contributed by atoms with van der Waals surface area (Å²) in [6.45, 7) is 9.84. The van der Waals surface area contributed by atoms with Gasteiger partial charge in [0.25, 0.3) is 0 Å². The Balaban J connectivity index is 2.80. The van der Waals surface area contributed by atoms with Crippen LogP contribution >= 0.6 is 0 Å². The summed E-state index contributed by atoms with van der Waals surface area (Å²) in [7, 11) is 1.31. The lowest BCUT2D eigenvalue weighted by molar-refractivity contribution is -0.147. The molecule has 0 heterocycles. The second-order valence-electron chi connectivity index (χ2n) is 8.08. The first-order valence-corrected chi connectivity index (χ1v) is 9.89. The first kappa shape index (κ1) is 22.5. The molecular weight excluding hydrogens is 332 g/mol. The number of hydrogen-bond acceptors (Lipinski definition) is 4. The predicted molar refractivity (Wildman–Crippen MR) is 101 cm³/mol. The second-order valence-corrected chi connectivity index (χ2v) is 8.08. The molecule has 2 N–H and O–H groups in total. The van der Waals surface area contributed by atoms with Gasteiger partial charge in [0.15, 0.2) is 0 Å². The molecule has 0 saturated heterocycles. The topological polar surface area (TPSA) is 84.5 Å². The second kappa shape index (κ2) is 10.5. The van der Waals surface area contributed by atoms with Crippen LogP contribution in [0.5, 0.6) is 0 Å². The van der Waals surface area contributed by atoms with E-state index in [9.17, 15) is 14.4 Å². The van der Waals surface area contributed by atoms with E-state index in [1.807, 2.05) is 27.7 Å². The van der Waals surface area contributed by atoms with E-state index >= 15 is 0 Å². The van der Waals surface area contributed by atoms with E-state index in [1.165, 1.54) is 7.11 Å². The summed E-state index contributed by atoms with van der Waals surface area (Å²) in [6, 6.07) is -1.36. The first-order valence-electron chi connectivity index (χ1n) is 9.89. The Kier molecular flexibility index (Phi) is 9.09. The van der Waals surface area contributed by atoms with Crippen molar-refractivity contribution in [3.05, 3.63) is 0 Å². The molecule has 26 heavy (non-hydrogen) atoms. The largest absolute Gasteiger partial charge is 0.467 e. The van der Waals surface area contributed by atoms with Crippen LogP contribution in [0.4, 0.5) is 0 Å². The summed E-state index contributed by atoms with van der Waals surface area (Å²) in [5.74, 6) is -0.306. The molecule has 6 heteroatoms. The van der Waals surface area contributed by atoms with E-state index < -0.39 is 18.1 Å². The van der Waals surface area contributed by atoms with Crippen molar-refractivity contribution in [2.24, 2.45) is 23.7 Å². The molecule has 0 aromatic heterocycles. The summed E-state index contributed by atoms with van der Waals surface area (Å²) >= 11 is 0. The van der Waals surface area contributed by atoms with Crippen LogP contribution in [0.2, 0.25) is 0 Å². The fourth-order valence-electron chi connectivity index (χ4n) is 3.36. The fourth-order valence-corrected chi connectivity index (χ4v) is 3.36. The van der Waals surface area contributed by atoms with E-state index in [4.69, 9.17) is 4.74 Å². The van der Waals surface area contributed by atoms with Crippen molar-refractivity contribution in [3.8, 4) is 0 Å². The Labute approximate surface area is 157 Å². The lowest BCUT2D eigenvalue weighted by atomic mass is 9.82. The van der Waals surface area contributed by atoms with E-state index in [1.54, 1.807) is 0 Å². The SMILES string of the molecule is CC[C@H](C)[C@@H](NC(=O)C1CCC(C)CC1)C(=O)N[C@H](C(=O)OC)C(C)C. The van der Waals surface area contributed by atoms with Gasteiger partial charge in [-0.1, -0.05) is 41.0 Å². The van der Waals surface area contributed by atoms with Crippen molar-refractivity contribution in [2.45, 2.75) is 78.8 Å². The van der Waals surface area contributed by atoms with Gasteiger partial charge in [0.1, 0.15) is 12.1 Å². The molecule has 0 aromatic carbocycles. The first-order chi connectivity index (χ1) is 12.2. The molecule has 1 fully saturated rings. The van der Waals surface area contributed by atoms with Gasteiger partial charge in [0.05, 0.1) is 7.11 Å². The monoisotopic (exact) mass is 368 g/mol. The third-order valence-electron chi connectivity index (χ3n) is 5.60. The standard InChI is InChI=1S/C20H36N2O4/c1-7-14(5)17(19(24)21-16(12(2)3)20(25)26-6)22-18(23)15-10-8-13(4)9-11-15/h12-17H,7-11H2,1-6H3,(H,21,24)(H,22,23)/t13?,14-,15?,16-,17+/m0/s1. The molecule has 1 aliphatic rings. The summed E-state index contributed by atoms with van der Waals surface area (Å²) < 4.78 is 4.79. The molecule has 0 bridgehead atoms. The fraction of sp³-hybridized carbons (Fsp3) is 0.850. The average molecular weight is 369 g/mol. The highest BCUT2D eigenvalue weighted by molar-refractivity contribution is 5.91. The summed E-state index contributed by atoms with van der Waals surface area (Å²) in [4.78, 5) is 37.4. The minimum Gasteiger partial charge on any atom is -0.467 e. The molecule has 1 rings (SSSR count). The van der Waals surface area contributed by atoms with Gasteiger partial charge >= 0.3 is 5.97 Å². The Hall–Kier alpha value is -1.59. The van der Waals surface area contributed by atoms with Gasteiger partial charge in [0.2, 0.25) is 11.8 Å². The van der Waals surface area contributed by atoms with Crippen molar-refractivity contribution in [1.29, 1.82) is 0 Å². The van der Waals surface area contributed by atoms with Gasteiger partial charge in [-0.2, -0.15) is 0 Å². The number of carbonyl (C=O) groups is 3. The normalized spacial score (nSPS) is 23.7. The van der Waals surface area contributed by atoms with E-state index in [0.717, 1.165) is 32.1 Å². The molecule has 0 radical (unpaired) electrons. The zero-order valence-electron chi connectivity index (χ0n) is 17.1. The number of ether oxygens (including phenoxy) is 1. The zero-order valence-corrected chi connectivity index (χ0v) is 17.1. The predicted octanol–water partition coefficient (Wildman–Crippen LogP) is 2.66. The zero-order chi connectivity index (χ0) is 19.9. The third kappa shape index (κ3) is 6.29. The van der Waals surface area contributed by atoms with Crippen LogP contribution in [0, 0.1) is 23.7 Å². The van der Waals surface area contributed by atoms with Gasteiger partial charge in [-0.15, -0.1) is 0 Å². The third-order valence-corrected chi connectivity index (χ3v) is 5.60. The van der Waals surface area contributed by atoms with Crippen molar-refractivity contribution in [2.75, 3.05) is 7.11 Å². The Bertz CT molecular complexity index is 484. The van der Waals surface area contributed by atoms with E-state index in [-0.39, 0.29) is 29.6 Å². The summed E-state index contributed by atoms with van der Waals surface area (Å²) in [5.41, 5.74) is 0. The van der Waals surface area contributed by atoms with Crippen LogP contribution in [0.3, 0.4) is 0 Å². The van der Waals surface area contributed by atoms with Crippen molar-refractivity contribution in [1.82, 2.24) is 10.6 Å². The maximum absolute atomic E-state index is 12.8. The molecule has 1 saturated carbocycles. The van der Waals surface area contributed by atoms with Gasteiger partial charge in [-0.25, -0.2) is 4.79 Å². The van der Waals surface area contributed by atoms with Crippen LogP contribution in [-0.2, 0) is 19.1 Å². The molecule has 150 valence electrons. The number of carbonyl (C=O) groups excluding carboxylic acids is 3. The maximum atomic E-state index is 12.8. The van der Waals surface area contributed by atoms with Crippen LogP contribution < -0.4 is 10.6 Å². The smallest absolute Gasteiger partial charge is 0.328 e. The molecule has 0 aromatic rings. The van der Waals surface area contributed by atoms with Gasteiger partial charge in [-0.05, 0) is 43.4 Å². The van der Waals surface area contributed by atoms with Crippen LogP contribution in [0.25, 0.3) is 0 Å². The van der Waals surface area contributed by atoms with Crippen molar-refractivity contribution >= 4 is 17.8 Å². The van der Waals surface area contributed by atoms with Gasteiger partial charge in [-0.3, -0.25) is 9.59 Å². The molecule has 2 amide bonds. The lowest BCUT2D eigenvalue weighted by Crippen LogP contribution is -2.56. The van der Waals surface area contributed by atoms with Crippen LogP contribution in [0.1, 0.15) is 66.7 Å². The van der Waals surface area contributed by atoms with Gasteiger partial charge in [0, 0.05) is 5.92 Å². The van der Waals surface area contributed by atoms with E-state index in [0.29, 0.717) is 5.92 Å². The number of methoxy groups -OCH3 is 1. The number of nitrogens with one attached hydrogen (secondary N) is 2. The van der Waals surface area contributed by atoms with Gasteiger partial charge < -0.3 is 15.4 Å². The van der Waals surface area contributed by atoms with Crippen molar-refractivity contribution < 1.29 is 19.1 Å². The van der Waals surface area contributed by atoms with Crippen LogP contribution in [-0.4, -0.2) is 37.0 Å². The van der Waals surface area contributed by atoms with Crippen molar-refractivity contribution in [3.63, 3.8) is 0 Å². The quantitative estimate of drug-likeness (QED) is 0.645. The Morgan fingerprint density at radius 1 is 1.00 bits per heavy atom. The number of esters is 1. The minimum absolute atomic E-state index is 0.0212. The average Bonchev–Trinajstić information content (AvgIpc) is 2.62. The molecule has 0 unspecified atom stereocenters. The highest BCUT2D eigenvalue weighted by Crippen LogP contribution is 2.28. The lowest BCUT2D eigenvalue weighted by Gasteiger charge is -2.30. The molecule has 0 aliphatic heterocycles. The molecular formula is C20H36N2O4. The number of amides is 2. The Morgan fingerprint density at radius 2 is 1.58 bits per heavy atom. The Morgan fingerprint density at radius 3 is 2.04 bits per heavy atom. The number of hydrogen-bond donors (Lipinski definition) is 2. The summed E-state index contributed by atoms with van der Waals surface area (Å²) in [6.07, 6.45) is 4.61. The number of rotatable bonds is 8. The highest BCUT2D eigenvalue weighted by atomic mass is 16.5. The molecule has 1 aliphatic carbocycles. The highest BCUT2D eigenvalue weighted by Gasteiger charge is 2.33. The minimum atomic E-state index is -0.716. The molecule has 6 nitrogen and oxygen atoms in total. The molecule has 0 spiro atoms. The van der Waals surface area contributed by atoms with Crippen LogP contribution in [0.15, 0.2) is 0 Å².